The molecule has 0 radical (unpaired) electrons. The number of hydrogen-bond donors (Lipinski definition) is 1. The minimum absolute atomic E-state index is 0.459. The van der Waals surface area contributed by atoms with E-state index < -0.39 is 0 Å². The summed E-state index contributed by atoms with van der Waals surface area (Å²) >= 11 is 0. The topological polar surface area (TPSA) is 15.3 Å². The summed E-state index contributed by atoms with van der Waals surface area (Å²) in [6.45, 7) is 10.9. The van der Waals surface area contributed by atoms with Crippen LogP contribution in [0.5, 0.6) is 0 Å². The van der Waals surface area contributed by atoms with Gasteiger partial charge in [0.2, 0.25) is 0 Å². The molecular formula is C11H22N2. The standard InChI is InChI=1S/C11H22N2/c1-11(2,3)9-5-4-7-13-8-6-12-10(9)13/h9-10,12H,4-8H2,1-3H3. The van der Waals surface area contributed by atoms with Gasteiger partial charge in [-0.2, -0.15) is 0 Å². The van der Waals surface area contributed by atoms with Crippen molar-refractivity contribution in [3.05, 3.63) is 0 Å². The van der Waals surface area contributed by atoms with Crippen molar-refractivity contribution < 1.29 is 0 Å². The first-order valence-electron chi connectivity index (χ1n) is 5.56. The van der Waals surface area contributed by atoms with E-state index in [2.05, 4.69) is 31.0 Å². The molecule has 76 valence electrons. The zero-order valence-electron chi connectivity index (χ0n) is 9.14. The second kappa shape index (κ2) is 3.25. The fourth-order valence-corrected chi connectivity index (χ4v) is 2.85. The summed E-state index contributed by atoms with van der Waals surface area (Å²) in [7, 11) is 0. The van der Waals surface area contributed by atoms with E-state index in [0.717, 1.165) is 5.92 Å². The van der Waals surface area contributed by atoms with Crippen LogP contribution in [-0.4, -0.2) is 30.7 Å². The smallest absolute Gasteiger partial charge is 0.0632 e. The molecule has 2 fully saturated rings. The van der Waals surface area contributed by atoms with Crippen LogP contribution in [0, 0.1) is 11.3 Å². The maximum atomic E-state index is 3.64. The van der Waals surface area contributed by atoms with Crippen molar-refractivity contribution in [1.29, 1.82) is 0 Å². The van der Waals surface area contributed by atoms with Gasteiger partial charge in [-0.3, -0.25) is 4.90 Å². The monoisotopic (exact) mass is 182 g/mol. The van der Waals surface area contributed by atoms with Crippen LogP contribution < -0.4 is 5.32 Å². The normalized spacial score (nSPS) is 36.2. The largest absolute Gasteiger partial charge is 0.300 e. The molecule has 0 spiro atoms. The average molecular weight is 182 g/mol. The Bertz CT molecular complexity index is 183. The van der Waals surface area contributed by atoms with Gasteiger partial charge >= 0.3 is 0 Å². The van der Waals surface area contributed by atoms with E-state index in [0.29, 0.717) is 11.6 Å². The lowest BCUT2D eigenvalue weighted by molar-refractivity contribution is 0.0493. The molecule has 2 nitrogen and oxygen atoms in total. The molecule has 0 aromatic heterocycles. The molecule has 2 atom stereocenters. The Balaban J connectivity index is 2.10. The second-order valence-electron chi connectivity index (χ2n) is 5.55. The van der Waals surface area contributed by atoms with E-state index in [4.69, 9.17) is 0 Å². The number of piperidine rings is 1. The average Bonchev–Trinajstić information content (AvgIpc) is 2.48. The molecule has 0 aromatic carbocycles. The molecule has 2 aliphatic heterocycles. The van der Waals surface area contributed by atoms with Gasteiger partial charge < -0.3 is 5.32 Å². The van der Waals surface area contributed by atoms with Crippen LogP contribution in [0.4, 0.5) is 0 Å². The first-order chi connectivity index (χ1) is 6.09. The van der Waals surface area contributed by atoms with Crippen LogP contribution in [-0.2, 0) is 0 Å². The number of nitrogens with one attached hydrogen (secondary N) is 1. The molecule has 2 rings (SSSR count). The van der Waals surface area contributed by atoms with Gasteiger partial charge in [0.15, 0.2) is 0 Å². The lowest BCUT2D eigenvalue weighted by atomic mass is 9.74. The highest BCUT2D eigenvalue weighted by atomic mass is 15.3. The lowest BCUT2D eigenvalue weighted by Gasteiger charge is -2.43. The Kier molecular flexibility index (Phi) is 2.37. The fraction of sp³-hybridized carbons (Fsp3) is 1.00. The molecule has 2 aliphatic rings. The van der Waals surface area contributed by atoms with E-state index in [1.54, 1.807) is 0 Å². The van der Waals surface area contributed by atoms with E-state index in [-0.39, 0.29) is 0 Å². The van der Waals surface area contributed by atoms with Crippen LogP contribution in [0.3, 0.4) is 0 Å². The Morgan fingerprint density at radius 2 is 2.00 bits per heavy atom. The third-order valence-electron chi connectivity index (χ3n) is 3.60. The molecule has 0 amide bonds. The third kappa shape index (κ3) is 1.75. The molecular weight excluding hydrogens is 160 g/mol. The Labute approximate surface area is 81.7 Å². The Morgan fingerprint density at radius 3 is 2.69 bits per heavy atom. The van der Waals surface area contributed by atoms with Crippen molar-refractivity contribution in [3.8, 4) is 0 Å². The SMILES string of the molecule is CC(C)(C)C1CCCN2CCNC12. The van der Waals surface area contributed by atoms with Crippen molar-refractivity contribution >= 4 is 0 Å². The van der Waals surface area contributed by atoms with E-state index in [9.17, 15) is 0 Å². The van der Waals surface area contributed by atoms with Gasteiger partial charge in [-0.25, -0.2) is 0 Å². The summed E-state index contributed by atoms with van der Waals surface area (Å²) in [6.07, 6.45) is 3.46. The molecule has 2 unspecified atom stereocenters. The van der Waals surface area contributed by atoms with Gasteiger partial charge in [-0.1, -0.05) is 20.8 Å². The predicted molar refractivity (Wildman–Crippen MR) is 55.5 cm³/mol. The van der Waals surface area contributed by atoms with Crippen LogP contribution in [0.2, 0.25) is 0 Å². The molecule has 0 aliphatic carbocycles. The van der Waals surface area contributed by atoms with Gasteiger partial charge in [-0.15, -0.1) is 0 Å². The molecule has 0 aromatic rings. The quantitative estimate of drug-likeness (QED) is 0.613. The maximum absolute atomic E-state index is 3.64. The van der Waals surface area contributed by atoms with Gasteiger partial charge in [0.05, 0.1) is 6.17 Å². The Morgan fingerprint density at radius 1 is 1.23 bits per heavy atom. The minimum Gasteiger partial charge on any atom is -0.300 e. The van der Waals surface area contributed by atoms with E-state index in [1.807, 2.05) is 0 Å². The van der Waals surface area contributed by atoms with Crippen LogP contribution in [0.1, 0.15) is 33.6 Å². The number of nitrogens with zero attached hydrogens (tertiary/aromatic N) is 1. The molecule has 13 heavy (non-hydrogen) atoms. The summed E-state index contributed by atoms with van der Waals surface area (Å²) in [5, 5.41) is 3.64. The minimum atomic E-state index is 0.459. The van der Waals surface area contributed by atoms with Gasteiger partial charge in [0, 0.05) is 13.1 Å². The first-order valence-corrected chi connectivity index (χ1v) is 5.56. The number of fused-ring (bicyclic) bond motifs is 1. The summed E-state index contributed by atoms with van der Waals surface area (Å²) in [5.41, 5.74) is 0.459. The van der Waals surface area contributed by atoms with Crippen molar-refractivity contribution in [2.24, 2.45) is 11.3 Å². The second-order valence-corrected chi connectivity index (χ2v) is 5.55. The van der Waals surface area contributed by atoms with Crippen molar-refractivity contribution in [2.45, 2.75) is 39.8 Å². The molecule has 2 saturated heterocycles. The highest BCUT2D eigenvalue weighted by Gasteiger charge is 2.40. The third-order valence-corrected chi connectivity index (χ3v) is 3.60. The molecule has 1 N–H and O–H groups in total. The summed E-state index contributed by atoms with van der Waals surface area (Å²) < 4.78 is 0. The number of rotatable bonds is 0. The lowest BCUT2D eigenvalue weighted by Crippen LogP contribution is -2.50. The zero-order valence-corrected chi connectivity index (χ0v) is 9.14. The summed E-state index contributed by atoms with van der Waals surface area (Å²) in [5.74, 6) is 0.837. The van der Waals surface area contributed by atoms with Crippen LogP contribution in [0.15, 0.2) is 0 Å². The predicted octanol–water partition coefficient (Wildman–Crippen LogP) is 1.67. The van der Waals surface area contributed by atoms with Crippen molar-refractivity contribution in [2.75, 3.05) is 19.6 Å². The van der Waals surface area contributed by atoms with Gasteiger partial charge in [-0.05, 0) is 30.7 Å². The zero-order chi connectivity index (χ0) is 9.47. The Hall–Kier alpha value is -0.0800. The molecule has 2 heterocycles. The highest BCUT2D eigenvalue weighted by molar-refractivity contribution is 4.92. The summed E-state index contributed by atoms with van der Waals surface area (Å²) in [4.78, 5) is 2.62. The highest BCUT2D eigenvalue weighted by Crippen LogP contribution is 2.37. The number of hydrogen-bond acceptors (Lipinski definition) is 2. The van der Waals surface area contributed by atoms with Crippen LogP contribution in [0.25, 0.3) is 0 Å². The van der Waals surface area contributed by atoms with Gasteiger partial charge in [0.1, 0.15) is 0 Å². The summed E-state index contributed by atoms with van der Waals surface area (Å²) in [6, 6.07) is 0. The maximum Gasteiger partial charge on any atom is 0.0632 e. The molecule has 2 heteroatoms. The fourth-order valence-electron chi connectivity index (χ4n) is 2.85. The van der Waals surface area contributed by atoms with E-state index >= 15 is 0 Å². The molecule has 0 saturated carbocycles. The van der Waals surface area contributed by atoms with Crippen molar-refractivity contribution in [3.63, 3.8) is 0 Å². The first kappa shape index (κ1) is 9.47. The van der Waals surface area contributed by atoms with Gasteiger partial charge in [0.25, 0.3) is 0 Å². The van der Waals surface area contributed by atoms with Crippen molar-refractivity contribution in [1.82, 2.24) is 10.2 Å². The van der Waals surface area contributed by atoms with Crippen LogP contribution >= 0.6 is 0 Å². The van der Waals surface area contributed by atoms with E-state index in [1.165, 1.54) is 32.5 Å². The molecule has 0 bridgehead atoms.